The lowest BCUT2D eigenvalue weighted by molar-refractivity contribution is 0.166. The molecule has 0 aromatic heterocycles. The Morgan fingerprint density at radius 2 is 1.80 bits per heavy atom. The number of methoxy groups -OCH3 is 1. The molecule has 1 aliphatic carbocycles. The summed E-state index contributed by atoms with van der Waals surface area (Å²) in [5.74, 6) is -0.341. The number of rotatable bonds is 6. The highest BCUT2D eigenvalue weighted by Crippen LogP contribution is 2.64. The van der Waals surface area contributed by atoms with E-state index >= 15 is 0 Å². The Kier molecular flexibility index (Phi) is 4.90. The number of sulfone groups is 1. The molecule has 0 aliphatic heterocycles. The minimum atomic E-state index is -3.66. The van der Waals surface area contributed by atoms with Crippen LogP contribution in [0, 0.1) is 5.41 Å². The van der Waals surface area contributed by atoms with Gasteiger partial charge in [0.2, 0.25) is 0 Å². The normalized spacial score (nSPS) is 25.5. The summed E-state index contributed by atoms with van der Waals surface area (Å²) in [5.41, 5.74) is 5.97. The molecule has 7 heteroatoms. The first-order chi connectivity index (χ1) is 11.9. The third-order valence-corrected chi connectivity index (χ3v) is 7.66. The minimum Gasteiger partial charge on any atom is -0.393 e. The van der Waals surface area contributed by atoms with Crippen LogP contribution in [0.1, 0.15) is 11.5 Å². The number of benzene rings is 2. The maximum absolute atomic E-state index is 13.3. The average molecular weight is 396 g/mol. The van der Waals surface area contributed by atoms with Crippen LogP contribution >= 0.6 is 23.8 Å². The van der Waals surface area contributed by atoms with E-state index in [1.807, 2.05) is 30.3 Å². The Balaban J connectivity index is 2.11. The maximum Gasteiger partial charge on any atom is 0.182 e. The van der Waals surface area contributed by atoms with Crippen molar-refractivity contribution in [2.75, 3.05) is 13.7 Å². The topological polar surface area (TPSA) is 69.4 Å². The summed E-state index contributed by atoms with van der Waals surface area (Å²) >= 11 is 11.1. The third kappa shape index (κ3) is 2.97. The lowest BCUT2D eigenvalue weighted by Gasteiger charge is -2.16. The standard InChI is InChI=1S/C18H18ClNO3S2/c1-23-11-18(17(20)24)15(12-5-3-2-4-6-12)16(18)25(21,22)14-9-7-13(19)8-10-14/h2-10,15-16H,11H2,1H3,(H2,20,24)/t15-,16+,18-/m1/s1. The Hall–Kier alpha value is -1.47. The molecule has 1 fully saturated rings. The van der Waals surface area contributed by atoms with Crippen molar-refractivity contribution in [3.63, 3.8) is 0 Å². The van der Waals surface area contributed by atoms with Crippen molar-refractivity contribution < 1.29 is 13.2 Å². The van der Waals surface area contributed by atoms with Crippen LogP contribution in [0.2, 0.25) is 5.02 Å². The van der Waals surface area contributed by atoms with Gasteiger partial charge in [-0.1, -0.05) is 54.2 Å². The summed E-state index contributed by atoms with van der Waals surface area (Å²) in [4.78, 5) is 0.364. The van der Waals surface area contributed by atoms with Crippen LogP contribution in [0.5, 0.6) is 0 Å². The van der Waals surface area contributed by atoms with Gasteiger partial charge in [-0.05, 0) is 29.8 Å². The smallest absolute Gasteiger partial charge is 0.182 e. The van der Waals surface area contributed by atoms with Gasteiger partial charge in [-0.3, -0.25) is 0 Å². The van der Waals surface area contributed by atoms with Gasteiger partial charge in [0, 0.05) is 18.1 Å². The molecule has 0 radical (unpaired) electrons. The van der Waals surface area contributed by atoms with Crippen LogP contribution in [-0.2, 0) is 14.6 Å². The lowest BCUT2D eigenvalue weighted by Crippen LogP contribution is -2.33. The van der Waals surface area contributed by atoms with E-state index in [-0.39, 0.29) is 22.4 Å². The van der Waals surface area contributed by atoms with Crippen LogP contribution in [0.25, 0.3) is 0 Å². The average Bonchev–Trinajstić information content (AvgIpc) is 3.27. The number of hydrogen-bond donors (Lipinski definition) is 1. The molecule has 0 unspecified atom stereocenters. The zero-order chi connectivity index (χ0) is 18.2. The maximum atomic E-state index is 13.3. The fraction of sp³-hybridized carbons (Fsp3) is 0.278. The van der Waals surface area contributed by atoms with Gasteiger partial charge in [-0.25, -0.2) is 8.42 Å². The number of hydrogen-bond acceptors (Lipinski definition) is 4. The van der Waals surface area contributed by atoms with Crippen molar-refractivity contribution in [2.45, 2.75) is 16.1 Å². The van der Waals surface area contributed by atoms with Gasteiger partial charge in [-0.15, -0.1) is 0 Å². The summed E-state index contributed by atoms with van der Waals surface area (Å²) in [6.07, 6.45) is 0. The van der Waals surface area contributed by atoms with E-state index in [4.69, 9.17) is 34.3 Å². The Labute approximate surface area is 157 Å². The van der Waals surface area contributed by atoms with Gasteiger partial charge in [0.15, 0.2) is 9.84 Å². The van der Waals surface area contributed by atoms with Gasteiger partial charge in [0.05, 0.1) is 27.2 Å². The van der Waals surface area contributed by atoms with E-state index < -0.39 is 20.5 Å². The van der Waals surface area contributed by atoms with E-state index in [0.717, 1.165) is 5.56 Å². The Morgan fingerprint density at radius 1 is 1.20 bits per heavy atom. The van der Waals surface area contributed by atoms with E-state index in [1.54, 1.807) is 12.1 Å². The first-order valence-corrected chi connectivity index (χ1v) is 10.0. The van der Waals surface area contributed by atoms with Crippen LogP contribution in [0.4, 0.5) is 0 Å². The molecule has 2 N–H and O–H groups in total. The van der Waals surface area contributed by atoms with Gasteiger partial charge in [0.1, 0.15) is 0 Å². The van der Waals surface area contributed by atoms with Crippen molar-refractivity contribution >= 4 is 38.6 Å². The second-order valence-corrected chi connectivity index (χ2v) is 9.09. The Morgan fingerprint density at radius 3 is 2.32 bits per heavy atom. The molecule has 3 rings (SSSR count). The van der Waals surface area contributed by atoms with Crippen LogP contribution in [0.3, 0.4) is 0 Å². The van der Waals surface area contributed by atoms with Gasteiger partial charge < -0.3 is 10.5 Å². The van der Waals surface area contributed by atoms with Crippen molar-refractivity contribution in [1.29, 1.82) is 0 Å². The van der Waals surface area contributed by atoms with E-state index in [0.29, 0.717) is 5.02 Å². The van der Waals surface area contributed by atoms with Crippen molar-refractivity contribution in [3.8, 4) is 0 Å². The monoisotopic (exact) mass is 395 g/mol. The van der Waals surface area contributed by atoms with Crippen molar-refractivity contribution in [2.24, 2.45) is 11.1 Å². The number of halogens is 1. The molecule has 2 aromatic rings. The van der Waals surface area contributed by atoms with Gasteiger partial charge in [-0.2, -0.15) is 0 Å². The first kappa shape index (κ1) is 18.3. The summed E-state index contributed by atoms with van der Waals surface area (Å²) < 4.78 is 31.9. The molecule has 0 spiro atoms. The van der Waals surface area contributed by atoms with Crippen LogP contribution in [-0.4, -0.2) is 32.4 Å². The molecular weight excluding hydrogens is 378 g/mol. The Bertz CT molecular complexity index is 884. The molecular formula is C18H18ClNO3S2. The largest absolute Gasteiger partial charge is 0.393 e. The van der Waals surface area contributed by atoms with E-state index in [1.165, 1.54) is 19.2 Å². The second-order valence-electron chi connectivity index (χ2n) is 6.15. The second kappa shape index (κ2) is 6.68. The molecule has 0 bridgehead atoms. The molecule has 4 nitrogen and oxygen atoms in total. The summed E-state index contributed by atoms with van der Waals surface area (Å²) in [7, 11) is -2.14. The number of thiocarbonyl (C=S) groups is 1. The quantitative estimate of drug-likeness (QED) is 0.760. The molecule has 0 heterocycles. The summed E-state index contributed by atoms with van der Waals surface area (Å²) in [6, 6.07) is 15.6. The summed E-state index contributed by atoms with van der Waals surface area (Å²) in [5, 5.41) is -0.284. The molecule has 1 saturated carbocycles. The molecule has 1 aliphatic rings. The molecule has 25 heavy (non-hydrogen) atoms. The third-order valence-electron chi connectivity index (χ3n) is 4.73. The predicted octanol–water partition coefficient (Wildman–Crippen LogP) is 3.20. The molecule has 2 aromatic carbocycles. The van der Waals surface area contributed by atoms with Gasteiger partial charge in [0.25, 0.3) is 0 Å². The highest BCUT2D eigenvalue weighted by molar-refractivity contribution is 7.92. The predicted molar refractivity (Wildman–Crippen MR) is 103 cm³/mol. The number of ether oxygens (including phenoxy) is 1. The van der Waals surface area contributed by atoms with Crippen molar-refractivity contribution in [1.82, 2.24) is 0 Å². The number of nitrogens with two attached hydrogens (primary N) is 1. The fourth-order valence-electron chi connectivity index (χ4n) is 3.54. The molecule has 132 valence electrons. The first-order valence-electron chi connectivity index (χ1n) is 7.69. The zero-order valence-electron chi connectivity index (χ0n) is 13.6. The summed E-state index contributed by atoms with van der Waals surface area (Å²) in [6.45, 7) is 0.152. The molecule has 0 saturated heterocycles. The molecule has 3 atom stereocenters. The zero-order valence-corrected chi connectivity index (χ0v) is 15.9. The van der Waals surface area contributed by atoms with Crippen molar-refractivity contribution in [3.05, 3.63) is 65.2 Å². The molecule has 0 amide bonds. The fourth-order valence-corrected chi connectivity index (χ4v) is 6.44. The van der Waals surface area contributed by atoms with Crippen LogP contribution < -0.4 is 5.73 Å². The SMILES string of the molecule is COC[C@@]1(C(N)=S)[C@H](c2ccccc2)[C@@H]1S(=O)(=O)c1ccc(Cl)cc1. The minimum absolute atomic E-state index is 0.152. The highest BCUT2D eigenvalue weighted by atomic mass is 35.5. The highest BCUT2D eigenvalue weighted by Gasteiger charge is 2.73. The van der Waals surface area contributed by atoms with E-state index in [2.05, 4.69) is 0 Å². The van der Waals surface area contributed by atoms with Crippen LogP contribution in [0.15, 0.2) is 59.5 Å². The van der Waals surface area contributed by atoms with Gasteiger partial charge >= 0.3 is 0 Å². The van der Waals surface area contributed by atoms with E-state index in [9.17, 15) is 8.42 Å². The lowest BCUT2D eigenvalue weighted by atomic mass is 10.00.